The van der Waals surface area contributed by atoms with Gasteiger partial charge in [-0.3, -0.25) is 0 Å². The van der Waals surface area contributed by atoms with Crippen molar-refractivity contribution in [3.8, 4) is 39.1 Å². The first kappa shape index (κ1) is 18.2. The Balaban J connectivity index is 1.68. The van der Waals surface area contributed by atoms with Crippen LogP contribution in [0.15, 0.2) is 47.8 Å². The van der Waals surface area contributed by atoms with Gasteiger partial charge in [0, 0.05) is 10.9 Å². The zero-order valence-corrected chi connectivity index (χ0v) is 16.9. The second kappa shape index (κ2) is 7.44. The predicted octanol–water partition coefficient (Wildman–Crippen LogP) is 4.69. The minimum atomic E-state index is 0.677. The molecule has 0 fully saturated rings. The molecule has 0 aliphatic rings. The van der Waals surface area contributed by atoms with E-state index in [0.717, 1.165) is 33.3 Å². The first-order valence-electron chi connectivity index (χ1n) is 8.78. The molecule has 0 saturated carbocycles. The lowest BCUT2D eigenvalue weighted by Crippen LogP contribution is -1.98. The SMILES string of the molecule is COc1ccc(-c2csc(-c3nnn(-c4ccc(C)cc4)c3C)n2)cc1OC. The van der Waals surface area contributed by atoms with Crippen LogP contribution in [0.3, 0.4) is 0 Å². The van der Waals surface area contributed by atoms with Crippen molar-refractivity contribution in [1.82, 2.24) is 20.0 Å². The normalized spacial score (nSPS) is 10.9. The van der Waals surface area contributed by atoms with Crippen LogP contribution in [0, 0.1) is 13.8 Å². The van der Waals surface area contributed by atoms with E-state index in [4.69, 9.17) is 14.5 Å². The Bertz CT molecular complexity index is 1120. The fourth-order valence-electron chi connectivity index (χ4n) is 2.97. The van der Waals surface area contributed by atoms with Crippen LogP contribution in [0.1, 0.15) is 11.3 Å². The van der Waals surface area contributed by atoms with Crippen molar-refractivity contribution in [3.05, 3.63) is 59.1 Å². The molecule has 0 bridgehead atoms. The maximum atomic E-state index is 5.39. The van der Waals surface area contributed by atoms with Crippen molar-refractivity contribution in [3.63, 3.8) is 0 Å². The third-order valence-electron chi connectivity index (χ3n) is 4.56. The average molecular weight is 392 g/mol. The van der Waals surface area contributed by atoms with E-state index in [1.165, 1.54) is 5.56 Å². The van der Waals surface area contributed by atoms with E-state index in [2.05, 4.69) is 29.4 Å². The van der Waals surface area contributed by atoms with Crippen LogP contribution in [0.5, 0.6) is 11.5 Å². The summed E-state index contributed by atoms with van der Waals surface area (Å²) in [6, 6.07) is 14.0. The van der Waals surface area contributed by atoms with Crippen molar-refractivity contribution in [1.29, 1.82) is 0 Å². The smallest absolute Gasteiger partial charge is 0.161 e. The van der Waals surface area contributed by atoms with Gasteiger partial charge in [-0.15, -0.1) is 16.4 Å². The Labute approximate surface area is 167 Å². The van der Waals surface area contributed by atoms with Gasteiger partial charge in [-0.1, -0.05) is 22.9 Å². The minimum absolute atomic E-state index is 0.677. The fourth-order valence-corrected chi connectivity index (χ4v) is 3.83. The maximum absolute atomic E-state index is 5.39. The highest BCUT2D eigenvalue weighted by molar-refractivity contribution is 7.13. The molecule has 2 heterocycles. The monoisotopic (exact) mass is 392 g/mol. The van der Waals surface area contributed by atoms with Crippen LogP contribution in [-0.2, 0) is 0 Å². The van der Waals surface area contributed by atoms with Crippen LogP contribution in [0.4, 0.5) is 0 Å². The van der Waals surface area contributed by atoms with E-state index >= 15 is 0 Å². The summed E-state index contributed by atoms with van der Waals surface area (Å²) < 4.78 is 12.5. The highest BCUT2D eigenvalue weighted by atomic mass is 32.1. The number of hydrogen-bond donors (Lipinski definition) is 0. The summed E-state index contributed by atoms with van der Waals surface area (Å²) >= 11 is 1.55. The minimum Gasteiger partial charge on any atom is -0.493 e. The Kier molecular flexibility index (Phi) is 4.83. The van der Waals surface area contributed by atoms with Gasteiger partial charge in [-0.2, -0.15) is 0 Å². The number of aromatic nitrogens is 4. The summed E-state index contributed by atoms with van der Waals surface area (Å²) in [6.45, 7) is 4.07. The number of methoxy groups -OCH3 is 2. The van der Waals surface area contributed by atoms with Crippen LogP contribution >= 0.6 is 11.3 Å². The molecule has 0 radical (unpaired) electrons. The Morgan fingerprint density at radius 1 is 0.929 bits per heavy atom. The van der Waals surface area contributed by atoms with Crippen molar-refractivity contribution >= 4 is 11.3 Å². The number of nitrogens with zero attached hydrogens (tertiary/aromatic N) is 4. The summed E-state index contributed by atoms with van der Waals surface area (Å²) in [7, 11) is 3.25. The van der Waals surface area contributed by atoms with Gasteiger partial charge in [0.2, 0.25) is 0 Å². The van der Waals surface area contributed by atoms with Crippen LogP contribution in [0.25, 0.3) is 27.6 Å². The molecule has 6 nitrogen and oxygen atoms in total. The molecule has 0 unspecified atom stereocenters. The molecule has 0 saturated heterocycles. The second-order valence-corrected chi connectivity index (χ2v) is 7.24. The number of thiazole rings is 1. The lowest BCUT2D eigenvalue weighted by molar-refractivity contribution is 0.355. The zero-order valence-electron chi connectivity index (χ0n) is 16.1. The van der Waals surface area contributed by atoms with Gasteiger partial charge in [-0.05, 0) is 44.2 Å². The molecule has 0 atom stereocenters. The van der Waals surface area contributed by atoms with Crippen LogP contribution in [-0.4, -0.2) is 34.2 Å². The van der Waals surface area contributed by atoms with Gasteiger partial charge in [-0.25, -0.2) is 9.67 Å². The lowest BCUT2D eigenvalue weighted by atomic mass is 10.1. The summed E-state index contributed by atoms with van der Waals surface area (Å²) in [5, 5.41) is 11.5. The predicted molar refractivity (Wildman–Crippen MR) is 110 cm³/mol. The van der Waals surface area contributed by atoms with Gasteiger partial charge >= 0.3 is 0 Å². The molecule has 28 heavy (non-hydrogen) atoms. The molecule has 4 aromatic rings. The van der Waals surface area contributed by atoms with E-state index in [1.807, 2.05) is 47.3 Å². The fraction of sp³-hybridized carbons (Fsp3) is 0.190. The van der Waals surface area contributed by atoms with Gasteiger partial charge in [0.25, 0.3) is 0 Å². The third-order valence-corrected chi connectivity index (χ3v) is 5.41. The van der Waals surface area contributed by atoms with E-state index in [9.17, 15) is 0 Å². The van der Waals surface area contributed by atoms with Gasteiger partial charge in [0.1, 0.15) is 10.7 Å². The summed E-state index contributed by atoms with van der Waals surface area (Å²) in [6.07, 6.45) is 0. The summed E-state index contributed by atoms with van der Waals surface area (Å²) in [5.74, 6) is 1.37. The second-order valence-electron chi connectivity index (χ2n) is 6.38. The average Bonchev–Trinajstić information content (AvgIpc) is 3.35. The van der Waals surface area contributed by atoms with Crippen LogP contribution < -0.4 is 9.47 Å². The zero-order chi connectivity index (χ0) is 19.7. The molecule has 7 heteroatoms. The van der Waals surface area contributed by atoms with Crippen molar-refractivity contribution in [2.75, 3.05) is 14.2 Å². The van der Waals surface area contributed by atoms with Crippen molar-refractivity contribution in [2.24, 2.45) is 0 Å². The Morgan fingerprint density at radius 3 is 2.39 bits per heavy atom. The highest BCUT2D eigenvalue weighted by Crippen LogP contribution is 2.35. The van der Waals surface area contributed by atoms with E-state index < -0.39 is 0 Å². The molecule has 0 spiro atoms. The molecule has 0 aliphatic carbocycles. The highest BCUT2D eigenvalue weighted by Gasteiger charge is 2.16. The standard InChI is InChI=1S/C21H20N4O2S/c1-13-5-8-16(9-6-13)25-14(2)20(23-24-25)21-22-17(12-28-21)15-7-10-18(26-3)19(11-15)27-4/h5-12H,1-4H3. The molecule has 2 aromatic heterocycles. The summed E-state index contributed by atoms with van der Waals surface area (Å²) in [4.78, 5) is 4.77. The lowest BCUT2D eigenvalue weighted by Gasteiger charge is -2.08. The van der Waals surface area contributed by atoms with Crippen LogP contribution in [0.2, 0.25) is 0 Å². The molecule has 2 aromatic carbocycles. The number of hydrogen-bond acceptors (Lipinski definition) is 6. The number of rotatable bonds is 5. The van der Waals surface area contributed by atoms with E-state index in [0.29, 0.717) is 11.5 Å². The molecular formula is C21H20N4O2S. The molecule has 142 valence electrons. The molecule has 4 rings (SSSR count). The quantitative estimate of drug-likeness (QED) is 0.493. The first-order chi connectivity index (χ1) is 13.6. The summed E-state index contributed by atoms with van der Waals surface area (Å²) in [5.41, 5.74) is 5.77. The van der Waals surface area contributed by atoms with Gasteiger partial charge in [0.05, 0.1) is 31.3 Å². The van der Waals surface area contributed by atoms with Crippen molar-refractivity contribution < 1.29 is 9.47 Å². The van der Waals surface area contributed by atoms with E-state index in [-0.39, 0.29) is 0 Å². The third kappa shape index (κ3) is 3.25. The van der Waals surface area contributed by atoms with Gasteiger partial charge in [0.15, 0.2) is 11.5 Å². The number of ether oxygens (including phenoxy) is 2. The largest absolute Gasteiger partial charge is 0.493 e. The van der Waals surface area contributed by atoms with Gasteiger partial charge < -0.3 is 9.47 Å². The maximum Gasteiger partial charge on any atom is 0.161 e. The Morgan fingerprint density at radius 2 is 1.68 bits per heavy atom. The van der Waals surface area contributed by atoms with E-state index in [1.54, 1.807) is 25.6 Å². The molecule has 0 amide bonds. The Hall–Kier alpha value is -3.19. The number of aryl methyl sites for hydroxylation is 1. The molecular weight excluding hydrogens is 372 g/mol. The van der Waals surface area contributed by atoms with Crippen molar-refractivity contribution in [2.45, 2.75) is 13.8 Å². The first-order valence-corrected chi connectivity index (χ1v) is 9.66. The molecule has 0 aliphatic heterocycles. The molecule has 0 N–H and O–H groups in total. The number of benzene rings is 2. The topological polar surface area (TPSA) is 62.1 Å².